The highest BCUT2D eigenvalue weighted by Gasteiger charge is 2.12. The molecule has 3 nitrogen and oxygen atoms in total. The zero-order chi connectivity index (χ0) is 13.8. The van der Waals surface area contributed by atoms with Gasteiger partial charge in [0.2, 0.25) is 0 Å². The van der Waals surface area contributed by atoms with Gasteiger partial charge >= 0.3 is 0 Å². The van der Waals surface area contributed by atoms with E-state index in [9.17, 15) is 4.39 Å². The van der Waals surface area contributed by atoms with Gasteiger partial charge in [0.05, 0.1) is 12.5 Å². The van der Waals surface area contributed by atoms with E-state index in [0.29, 0.717) is 24.2 Å². The molecule has 0 bridgehead atoms. The van der Waals surface area contributed by atoms with Crippen LogP contribution >= 0.6 is 12.2 Å². The molecule has 0 saturated heterocycles. The lowest BCUT2D eigenvalue weighted by atomic mass is 10.1. The predicted molar refractivity (Wildman–Crippen MR) is 76.2 cm³/mol. The van der Waals surface area contributed by atoms with E-state index in [4.69, 9.17) is 22.4 Å². The summed E-state index contributed by atoms with van der Waals surface area (Å²) in [6.07, 6.45) is 3.30. The van der Waals surface area contributed by atoms with E-state index in [0.717, 1.165) is 5.56 Å². The molecule has 5 heteroatoms. The van der Waals surface area contributed by atoms with Gasteiger partial charge in [0.15, 0.2) is 0 Å². The molecule has 100 valence electrons. The molecule has 0 radical (unpaired) electrons. The molecule has 0 fully saturated rings. The molecule has 1 heterocycles. The maximum absolute atomic E-state index is 14.1. The number of nitrogens with zero attached hydrogens (tertiary/aromatic N) is 1. The molecular formula is C14H15FN2OS. The van der Waals surface area contributed by atoms with Crippen molar-refractivity contribution < 1.29 is 8.81 Å². The highest BCUT2D eigenvalue weighted by atomic mass is 32.1. The van der Waals surface area contributed by atoms with Crippen molar-refractivity contribution in [1.82, 2.24) is 4.90 Å². The largest absolute Gasteiger partial charge is 0.472 e. The third-order valence-corrected chi connectivity index (χ3v) is 3.04. The number of rotatable bonds is 5. The monoisotopic (exact) mass is 278 g/mol. The summed E-state index contributed by atoms with van der Waals surface area (Å²) in [4.78, 5) is 2.07. The number of thiocarbonyl (C=S) groups is 1. The van der Waals surface area contributed by atoms with Crippen molar-refractivity contribution >= 4 is 17.2 Å². The van der Waals surface area contributed by atoms with Crippen molar-refractivity contribution in [3.8, 4) is 0 Å². The Labute approximate surface area is 116 Å². The highest BCUT2D eigenvalue weighted by Crippen LogP contribution is 2.16. The Hall–Kier alpha value is -1.72. The SMILES string of the molecule is CN(Cc1ccoc1)Cc1cccc(C(N)=S)c1F. The maximum Gasteiger partial charge on any atom is 0.137 e. The van der Waals surface area contributed by atoms with E-state index in [2.05, 4.69) is 0 Å². The Bertz CT molecular complexity index is 569. The molecule has 0 amide bonds. The summed E-state index contributed by atoms with van der Waals surface area (Å²) >= 11 is 4.83. The van der Waals surface area contributed by atoms with E-state index in [-0.39, 0.29) is 10.8 Å². The van der Waals surface area contributed by atoms with Crippen molar-refractivity contribution in [2.24, 2.45) is 5.73 Å². The summed E-state index contributed by atoms with van der Waals surface area (Å²) in [7, 11) is 1.92. The fraction of sp³-hybridized carbons (Fsp3) is 0.214. The van der Waals surface area contributed by atoms with Crippen LogP contribution < -0.4 is 5.73 Å². The second kappa shape index (κ2) is 5.95. The highest BCUT2D eigenvalue weighted by molar-refractivity contribution is 7.80. The molecule has 2 rings (SSSR count). The van der Waals surface area contributed by atoms with Gasteiger partial charge in [-0.25, -0.2) is 4.39 Å². The summed E-state index contributed by atoms with van der Waals surface area (Å²) in [5.41, 5.74) is 7.41. The van der Waals surface area contributed by atoms with E-state index in [1.165, 1.54) is 0 Å². The smallest absolute Gasteiger partial charge is 0.137 e. The van der Waals surface area contributed by atoms with Crippen molar-refractivity contribution in [2.45, 2.75) is 13.1 Å². The van der Waals surface area contributed by atoms with Crippen molar-refractivity contribution in [3.63, 3.8) is 0 Å². The molecule has 0 aliphatic carbocycles. The summed E-state index contributed by atoms with van der Waals surface area (Å²) in [5.74, 6) is -0.339. The second-order valence-electron chi connectivity index (χ2n) is 4.45. The second-order valence-corrected chi connectivity index (χ2v) is 4.89. The van der Waals surface area contributed by atoms with Crippen molar-refractivity contribution in [1.29, 1.82) is 0 Å². The van der Waals surface area contributed by atoms with Gasteiger partial charge in [-0.1, -0.05) is 24.4 Å². The van der Waals surface area contributed by atoms with Crippen LogP contribution in [0.4, 0.5) is 4.39 Å². The number of halogens is 1. The van der Waals surface area contributed by atoms with Crippen LogP contribution in [0.3, 0.4) is 0 Å². The molecule has 2 N–H and O–H groups in total. The first-order valence-corrected chi connectivity index (χ1v) is 6.25. The fourth-order valence-corrected chi connectivity index (χ4v) is 2.09. The summed E-state index contributed by atoms with van der Waals surface area (Å²) in [5, 5.41) is 0. The molecule has 0 aliphatic rings. The van der Waals surface area contributed by atoms with Crippen LogP contribution in [-0.4, -0.2) is 16.9 Å². The molecule has 19 heavy (non-hydrogen) atoms. The average Bonchev–Trinajstić information content (AvgIpc) is 2.84. The first-order chi connectivity index (χ1) is 9.08. The van der Waals surface area contributed by atoms with Gasteiger partial charge in [-0.2, -0.15) is 0 Å². The quantitative estimate of drug-likeness (QED) is 0.854. The van der Waals surface area contributed by atoms with E-state index in [1.54, 1.807) is 30.7 Å². The summed E-state index contributed by atoms with van der Waals surface area (Å²) in [6, 6.07) is 6.98. The van der Waals surface area contributed by atoms with E-state index < -0.39 is 0 Å². The van der Waals surface area contributed by atoms with Gasteiger partial charge in [-0.15, -0.1) is 0 Å². The Morgan fingerprint density at radius 2 is 2.16 bits per heavy atom. The van der Waals surface area contributed by atoms with Crippen LogP contribution in [-0.2, 0) is 13.1 Å². The third kappa shape index (κ3) is 3.39. The Morgan fingerprint density at radius 1 is 1.37 bits per heavy atom. The average molecular weight is 278 g/mol. The minimum absolute atomic E-state index is 0.0804. The number of hydrogen-bond acceptors (Lipinski definition) is 3. The predicted octanol–water partition coefficient (Wildman–Crippen LogP) is 2.68. The fourth-order valence-electron chi connectivity index (χ4n) is 1.93. The van der Waals surface area contributed by atoms with Gasteiger partial charge in [-0.3, -0.25) is 4.90 Å². The van der Waals surface area contributed by atoms with Gasteiger partial charge in [-0.05, 0) is 19.2 Å². The van der Waals surface area contributed by atoms with Crippen LogP contribution in [0, 0.1) is 5.82 Å². The zero-order valence-electron chi connectivity index (χ0n) is 10.6. The summed E-state index contributed by atoms with van der Waals surface area (Å²) < 4.78 is 19.2. The first-order valence-electron chi connectivity index (χ1n) is 5.84. The number of hydrogen-bond donors (Lipinski definition) is 1. The summed E-state index contributed by atoms with van der Waals surface area (Å²) in [6.45, 7) is 1.17. The lowest BCUT2D eigenvalue weighted by Gasteiger charge is -2.17. The molecule has 0 atom stereocenters. The standard InChI is InChI=1S/C14H15FN2OS/c1-17(7-10-5-6-18-9-10)8-11-3-2-4-12(13(11)15)14(16)19/h2-6,9H,7-8H2,1H3,(H2,16,19). The number of benzene rings is 1. The lowest BCUT2D eigenvalue weighted by molar-refractivity contribution is 0.312. The molecule has 0 aliphatic heterocycles. The number of furan rings is 1. The zero-order valence-corrected chi connectivity index (χ0v) is 11.4. The Kier molecular flexibility index (Phi) is 4.29. The molecule has 0 spiro atoms. The van der Waals surface area contributed by atoms with Crippen LogP contribution in [0.2, 0.25) is 0 Å². The van der Waals surface area contributed by atoms with Crippen molar-refractivity contribution in [3.05, 3.63) is 59.3 Å². The van der Waals surface area contributed by atoms with E-state index >= 15 is 0 Å². The maximum atomic E-state index is 14.1. The molecular weight excluding hydrogens is 263 g/mol. The van der Waals surface area contributed by atoms with Gasteiger partial charge < -0.3 is 10.2 Å². The van der Waals surface area contributed by atoms with Crippen LogP contribution in [0.1, 0.15) is 16.7 Å². The molecule has 1 aromatic heterocycles. The number of nitrogens with two attached hydrogens (primary N) is 1. The van der Waals surface area contributed by atoms with Crippen LogP contribution in [0.25, 0.3) is 0 Å². The van der Waals surface area contributed by atoms with E-state index in [1.807, 2.05) is 18.0 Å². The first kappa shape index (κ1) is 13.7. The molecule has 1 aromatic carbocycles. The van der Waals surface area contributed by atoms with Gasteiger partial charge in [0.1, 0.15) is 10.8 Å². The minimum Gasteiger partial charge on any atom is -0.472 e. The van der Waals surface area contributed by atoms with Crippen molar-refractivity contribution in [2.75, 3.05) is 7.05 Å². The van der Waals surface area contributed by atoms with Gasteiger partial charge in [0.25, 0.3) is 0 Å². The normalized spacial score (nSPS) is 10.9. The molecule has 2 aromatic rings. The lowest BCUT2D eigenvalue weighted by Crippen LogP contribution is -2.19. The third-order valence-electron chi connectivity index (χ3n) is 2.82. The Morgan fingerprint density at radius 3 is 2.79 bits per heavy atom. The minimum atomic E-state index is -0.339. The molecule has 0 saturated carbocycles. The van der Waals surface area contributed by atoms with Gasteiger partial charge in [0, 0.05) is 29.8 Å². The topological polar surface area (TPSA) is 42.4 Å². The molecule has 0 unspecified atom stereocenters. The van der Waals surface area contributed by atoms with Crippen LogP contribution in [0.5, 0.6) is 0 Å². The van der Waals surface area contributed by atoms with Crippen LogP contribution in [0.15, 0.2) is 41.2 Å². The Balaban J connectivity index is 2.10.